The second-order valence-electron chi connectivity index (χ2n) is 18.6. The summed E-state index contributed by atoms with van der Waals surface area (Å²) in [6.07, 6.45) is 3.72. The summed E-state index contributed by atoms with van der Waals surface area (Å²) in [6.45, 7) is 26.7. The van der Waals surface area contributed by atoms with Crippen molar-refractivity contribution in [2.45, 2.75) is 98.2 Å². The minimum Gasteiger partial charge on any atom is -0.507 e. The molecule has 272 valence electrons. The van der Waals surface area contributed by atoms with E-state index in [2.05, 4.69) is 159 Å². The van der Waals surface area contributed by atoms with E-state index in [-0.39, 0.29) is 22.0 Å². The van der Waals surface area contributed by atoms with E-state index >= 15 is 0 Å². The van der Waals surface area contributed by atoms with Crippen LogP contribution in [-0.4, -0.2) is 32.5 Å². The van der Waals surface area contributed by atoms with Crippen molar-refractivity contribution in [2.24, 2.45) is 0 Å². The van der Waals surface area contributed by atoms with Gasteiger partial charge in [0.25, 0.3) is 0 Å². The zero-order valence-corrected chi connectivity index (χ0v) is 34.3. The maximum absolute atomic E-state index is 12.1. The number of rotatable bonds is 5. The van der Waals surface area contributed by atoms with Gasteiger partial charge in [-0.3, -0.25) is 9.38 Å². The lowest BCUT2D eigenvalue weighted by Crippen LogP contribution is -2.42. The quantitative estimate of drug-likeness (QED) is 0.179. The Morgan fingerprint density at radius 1 is 0.642 bits per heavy atom. The van der Waals surface area contributed by atoms with Crippen LogP contribution in [0.15, 0.2) is 95.7 Å². The Labute approximate surface area is 315 Å². The van der Waals surface area contributed by atoms with Crippen molar-refractivity contribution < 1.29 is 9.52 Å². The number of hydrogen-bond acceptors (Lipinski definition) is 5. The van der Waals surface area contributed by atoms with E-state index in [1.54, 1.807) is 0 Å². The maximum Gasteiger partial charge on any atom is 0.224 e. The molecule has 0 spiro atoms. The molecule has 0 amide bonds. The lowest BCUT2D eigenvalue weighted by atomic mass is 9.78. The first kappa shape index (κ1) is 36.3. The molecule has 0 atom stereocenters. The van der Waals surface area contributed by atoms with Gasteiger partial charge in [-0.05, 0) is 81.0 Å². The molecule has 0 unspecified atom stereocenters. The van der Waals surface area contributed by atoms with E-state index < -0.39 is 8.07 Å². The minimum atomic E-state index is -1.90. The van der Waals surface area contributed by atoms with Crippen LogP contribution in [0.25, 0.3) is 61.7 Å². The predicted molar refractivity (Wildman–Crippen MR) is 223 cm³/mol. The Bertz CT molecular complexity index is 2500. The number of fused-ring (bicyclic) bond motifs is 3. The van der Waals surface area contributed by atoms with Crippen molar-refractivity contribution in [1.29, 1.82) is 0 Å². The molecule has 0 saturated heterocycles. The van der Waals surface area contributed by atoms with Crippen LogP contribution >= 0.6 is 0 Å². The largest absolute Gasteiger partial charge is 0.507 e. The number of oxazole rings is 1. The van der Waals surface area contributed by atoms with Crippen molar-refractivity contribution in [2.75, 3.05) is 0 Å². The third kappa shape index (κ3) is 6.83. The molecule has 7 aromatic rings. The van der Waals surface area contributed by atoms with Crippen molar-refractivity contribution in [1.82, 2.24) is 19.4 Å². The minimum absolute atomic E-state index is 0.148. The fraction of sp³-hybridized carbons (Fsp3) is 0.326. The zero-order valence-electron chi connectivity index (χ0n) is 33.3. The molecule has 53 heavy (non-hydrogen) atoms. The highest BCUT2D eigenvalue weighted by Crippen LogP contribution is 2.44. The van der Waals surface area contributed by atoms with Crippen LogP contribution in [0.3, 0.4) is 0 Å². The molecule has 6 nitrogen and oxygen atoms in total. The first-order valence-electron chi connectivity index (χ1n) is 18.6. The van der Waals surface area contributed by atoms with Gasteiger partial charge >= 0.3 is 0 Å². The molecule has 0 fully saturated rings. The SMILES string of the molecule is CC(C)(C)c1cc(-c2cc(-c3ccccc3)ccn2)cc(-c2nc(-c3cc(C(C)(C)C)cc(C(C)(C)C)c3O)cc3c2oc2cnc([Si](C)(C)C)n23)c1. The number of phenols is 1. The van der Waals surface area contributed by atoms with E-state index in [4.69, 9.17) is 19.4 Å². The summed E-state index contributed by atoms with van der Waals surface area (Å²) in [7, 11) is -1.90. The number of benzene rings is 3. The van der Waals surface area contributed by atoms with E-state index in [1.165, 1.54) is 0 Å². The number of imidazole rings is 1. The molecule has 0 aliphatic rings. The molecule has 0 bridgehead atoms. The van der Waals surface area contributed by atoms with Crippen LogP contribution < -0.4 is 5.45 Å². The molecule has 0 radical (unpaired) electrons. The first-order valence-corrected chi connectivity index (χ1v) is 22.1. The van der Waals surface area contributed by atoms with Gasteiger partial charge in [-0.25, -0.2) is 9.97 Å². The highest BCUT2D eigenvalue weighted by molar-refractivity contribution is 6.87. The number of aromatic hydroxyl groups is 1. The van der Waals surface area contributed by atoms with Crippen LogP contribution in [-0.2, 0) is 16.2 Å². The second-order valence-corrected chi connectivity index (χ2v) is 23.5. The summed E-state index contributed by atoms with van der Waals surface area (Å²) < 4.78 is 8.89. The average molecular weight is 721 g/mol. The third-order valence-electron chi connectivity index (χ3n) is 10.1. The summed E-state index contributed by atoms with van der Waals surface area (Å²) in [4.78, 5) is 15.2. The standard InChI is InChI=1S/C46H52N4O2Si/c1-44(2,3)32-21-30(36-23-29(18-19-47-36)28-16-14-13-15-17-28)20-31(22-32)40-42-38(50-39(52-42)27-48-43(50)53(10,11)12)26-37(49-40)34-24-33(45(4,5)6)25-35(41(34)51)46(7,8)9/h13-27,51H,1-12H3. The van der Waals surface area contributed by atoms with E-state index in [9.17, 15) is 5.11 Å². The topological polar surface area (TPSA) is 76.5 Å². The van der Waals surface area contributed by atoms with Crippen LogP contribution in [0, 0.1) is 0 Å². The summed E-state index contributed by atoms with van der Waals surface area (Å²) in [6, 6.07) is 27.6. The molecule has 0 aliphatic heterocycles. The second kappa shape index (κ2) is 12.5. The van der Waals surface area contributed by atoms with Gasteiger partial charge in [-0.15, -0.1) is 0 Å². The highest BCUT2D eigenvalue weighted by atomic mass is 28.3. The van der Waals surface area contributed by atoms with Crippen molar-refractivity contribution in [3.05, 3.63) is 108 Å². The number of aromatic nitrogens is 4. The van der Waals surface area contributed by atoms with E-state index in [0.29, 0.717) is 28.2 Å². The fourth-order valence-electron chi connectivity index (χ4n) is 6.97. The van der Waals surface area contributed by atoms with Gasteiger partial charge in [0.1, 0.15) is 19.5 Å². The smallest absolute Gasteiger partial charge is 0.224 e. The van der Waals surface area contributed by atoms with Crippen molar-refractivity contribution in [3.8, 4) is 50.6 Å². The van der Waals surface area contributed by atoms with Crippen molar-refractivity contribution >= 4 is 30.3 Å². The Morgan fingerprint density at radius 3 is 1.94 bits per heavy atom. The van der Waals surface area contributed by atoms with Gasteiger partial charge in [0.2, 0.25) is 5.71 Å². The average Bonchev–Trinajstić information content (AvgIpc) is 3.67. The summed E-state index contributed by atoms with van der Waals surface area (Å²) >= 11 is 0. The van der Waals surface area contributed by atoms with Gasteiger partial charge in [0.15, 0.2) is 5.58 Å². The van der Waals surface area contributed by atoms with Crippen LogP contribution in [0.5, 0.6) is 5.75 Å². The van der Waals surface area contributed by atoms with Gasteiger partial charge in [-0.1, -0.05) is 118 Å². The molecule has 1 N–H and O–H groups in total. The highest BCUT2D eigenvalue weighted by Gasteiger charge is 2.30. The fourth-order valence-corrected chi connectivity index (χ4v) is 8.33. The van der Waals surface area contributed by atoms with E-state index in [1.807, 2.05) is 18.5 Å². The maximum atomic E-state index is 12.1. The summed E-state index contributed by atoms with van der Waals surface area (Å²) in [5, 5.41) is 12.1. The van der Waals surface area contributed by atoms with Gasteiger partial charge < -0.3 is 9.52 Å². The molecule has 7 heteroatoms. The van der Waals surface area contributed by atoms with Crippen LogP contribution in [0.1, 0.15) is 79.0 Å². The molecule has 0 saturated carbocycles. The summed E-state index contributed by atoms with van der Waals surface area (Å²) in [5.41, 5.74) is 13.1. The predicted octanol–water partition coefficient (Wildman–Crippen LogP) is 11.7. The van der Waals surface area contributed by atoms with Crippen LogP contribution in [0.2, 0.25) is 19.6 Å². The van der Waals surface area contributed by atoms with E-state index in [0.717, 1.165) is 55.6 Å². The molecule has 0 aliphatic carbocycles. The van der Waals surface area contributed by atoms with Gasteiger partial charge in [0, 0.05) is 28.5 Å². The lowest BCUT2D eigenvalue weighted by Gasteiger charge is -2.27. The van der Waals surface area contributed by atoms with Crippen LogP contribution in [0.4, 0.5) is 0 Å². The molecule has 4 aromatic heterocycles. The van der Waals surface area contributed by atoms with Gasteiger partial charge in [0.05, 0.1) is 28.5 Å². The number of hydrogen-bond donors (Lipinski definition) is 1. The molecular formula is C46H52N4O2Si. The van der Waals surface area contributed by atoms with Crippen molar-refractivity contribution in [3.63, 3.8) is 0 Å². The Balaban J connectivity index is 1.56. The van der Waals surface area contributed by atoms with Gasteiger partial charge in [-0.2, -0.15) is 0 Å². The lowest BCUT2D eigenvalue weighted by molar-refractivity contribution is 0.446. The molecule has 4 heterocycles. The summed E-state index contributed by atoms with van der Waals surface area (Å²) in [5.74, 6) is 0.255. The third-order valence-corrected chi connectivity index (χ3v) is 11.8. The number of nitrogens with zero attached hydrogens (tertiary/aromatic N) is 4. The monoisotopic (exact) mass is 720 g/mol. The Kier molecular flexibility index (Phi) is 8.61. The number of phenolic OH excluding ortho intramolecular Hbond substituents is 1. The molecule has 7 rings (SSSR count). The molecular weight excluding hydrogens is 669 g/mol. The zero-order chi connectivity index (χ0) is 38.2. The Hall–Kier alpha value is -5.01. The molecule has 3 aromatic carbocycles. The first-order chi connectivity index (χ1) is 24.7. The Morgan fingerprint density at radius 2 is 1.30 bits per heavy atom. The normalized spacial score (nSPS) is 13.0. The number of pyridine rings is 2.